The van der Waals surface area contributed by atoms with Gasteiger partial charge >= 0.3 is 6.18 Å². The Hall–Kier alpha value is -5.27. The first-order valence-corrected chi connectivity index (χ1v) is 14.4. The van der Waals surface area contributed by atoms with Crippen LogP contribution in [0.2, 0.25) is 0 Å². The predicted molar refractivity (Wildman–Crippen MR) is 160 cm³/mol. The second-order valence-corrected chi connectivity index (χ2v) is 11.3. The summed E-state index contributed by atoms with van der Waals surface area (Å²) in [5.74, 6) is 0.0152. The van der Waals surface area contributed by atoms with E-state index in [0.717, 1.165) is 25.6 Å². The van der Waals surface area contributed by atoms with Crippen LogP contribution in [0, 0.1) is 28.6 Å². The van der Waals surface area contributed by atoms with Crippen molar-refractivity contribution in [1.29, 1.82) is 10.5 Å². The Balaban J connectivity index is 1.47. The first-order chi connectivity index (χ1) is 21.5. The van der Waals surface area contributed by atoms with Crippen LogP contribution >= 0.6 is 0 Å². The third-order valence-electron chi connectivity index (χ3n) is 8.07. The highest BCUT2D eigenvalue weighted by atomic mass is 19.4. The molecule has 4 aromatic rings. The van der Waals surface area contributed by atoms with E-state index in [1.807, 2.05) is 4.90 Å². The van der Waals surface area contributed by atoms with Gasteiger partial charge in [-0.2, -0.15) is 23.7 Å². The zero-order valence-corrected chi connectivity index (χ0v) is 24.6. The third kappa shape index (κ3) is 5.82. The molecule has 1 saturated heterocycles. The molecule has 4 heterocycles. The number of benzene rings is 2. The summed E-state index contributed by atoms with van der Waals surface area (Å²) in [4.78, 5) is 21.7. The minimum atomic E-state index is -4.65. The zero-order valence-electron chi connectivity index (χ0n) is 24.6. The van der Waals surface area contributed by atoms with Gasteiger partial charge < -0.3 is 9.88 Å². The molecule has 2 aliphatic rings. The predicted octanol–water partition coefficient (Wildman–Crippen LogP) is 5.37. The van der Waals surface area contributed by atoms with Crippen LogP contribution in [0.25, 0.3) is 22.5 Å². The maximum absolute atomic E-state index is 14.3. The number of nitriles is 2. The molecule has 1 amide bonds. The molecule has 6 rings (SSSR count). The molecule has 1 N–H and O–H groups in total. The number of carbonyl (C=O) groups is 1. The van der Waals surface area contributed by atoms with E-state index in [2.05, 4.69) is 32.6 Å². The van der Waals surface area contributed by atoms with E-state index in [-0.39, 0.29) is 36.0 Å². The van der Waals surface area contributed by atoms with E-state index in [4.69, 9.17) is 0 Å². The minimum Gasteiger partial charge on any atom is -0.369 e. The van der Waals surface area contributed by atoms with Gasteiger partial charge in [-0.1, -0.05) is 0 Å². The summed E-state index contributed by atoms with van der Waals surface area (Å²) in [5.41, 5.74) is 1.67. The second-order valence-electron chi connectivity index (χ2n) is 11.3. The highest BCUT2D eigenvalue weighted by Gasteiger charge is 2.41. The molecule has 0 spiro atoms. The number of carbonyl (C=O) groups excluding carboxylic acids is 1. The van der Waals surface area contributed by atoms with Crippen molar-refractivity contribution in [3.63, 3.8) is 0 Å². The molecule has 0 bridgehead atoms. The molecule has 10 nitrogen and oxygen atoms in total. The van der Waals surface area contributed by atoms with Crippen LogP contribution in [-0.2, 0) is 26.3 Å². The first-order valence-electron chi connectivity index (χ1n) is 14.4. The van der Waals surface area contributed by atoms with Crippen molar-refractivity contribution in [3.05, 3.63) is 76.6 Å². The monoisotopic (exact) mass is 611 g/mol. The quantitative estimate of drug-likeness (QED) is 0.282. The molecule has 2 aromatic carbocycles. The molecule has 0 radical (unpaired) electrons. The van der Waals surface area contributed by atoms with E-state index in [9.17, 15) is 28.5 Å². The number of aryl methyl sites for hydroxylation is 1. The molecule has 13 heteroatoms. The minimum absolute atomic E-state index is 0.00594. The van der Waals surface area contributed by atoms with Crippen molar-refractivity contribution in [2.24, 2.45) is 13.0 Å². The Morgan fingerprint density at radius 3 is 2.51 bits per heavy atom. The third-order valence-corrected chi connectivity index (χ3v) is 8.07. The highest BCUT2D eigenvalue weighted by molar-refractivity contribution is 6.10. The number of halogens is 3. The Morgan fingerprint density at radius 1 is 1.07 bits per heavy atom. The van der Waals surface area contributed by atoms with E-state index in [1.165, 1.54) is 4.90 Å². The van der Waals surface area contributed by atoms with Crippen molar-refractivity contribution in [2.45, 2.75) is 32.6 Å². The lowest BCUT2D eigenvalue weighted by Gasteiger charge is -2.31. The van der Waals surface area contributed by atoms with E-state index >= 15 is 0 Å². The van der Waals surface area contributed by atoms with Crippen molar-refractivity contribution in [3.8, 4) is 34.7 Å². The normalized spacial score (nSPS) is 15.3. The van der Waals surface area contributed by atoms with Crippen molar-refractivity contribution in [1.82, 2.24) is 24.6 Å². The molecular weight excluding hydrogens is 583 g/mol. The van der Waals surface area contributed by atoms with Gasteiger partial charge in [-0.15, -0.1) is 10.2 Å². The zero-order chi connectivity index (χ0) is 31.9. The van der Waals surface area contributed by atoms with Crippen molar-refractivity contribution in [2.75, 3.05) is 29.9 Å². The van der Waals surface area contributed by atoms with Gasteiger partial charge in [0.2, 0.25) is 0 Å². The molecule has 2 aliphatic heterocycles. The van der Waals surface area contributed by atoms with Crippen LogP contribution in [0.5, 0.6) is 0 Å². The number of amides is 1. The molecule has 228 valence electrons. The summed E-state index contributed by atoms with van der Waals surface area (Å²) in [6.07, 6.45) is -2.12. The van der Waals surface area contributed by atoms with Gasteiger partial charge in [0.1, 0.15) is 18.0 Å². The van der Waals surface area contributed by atoms with E-state index in [0.29, 0.717) is 46.0 Å². The molecule has 1 fully saturated rings. The number of rotatable bonds is 8. The maximum Gasteiger partial charge on any atom is 0.416 e. The number of hydrogen-bond acceptors (Lipinski definition) is 8. The number of fused-ring (bicyclic) bond motifs is 1. The van der Waals surface area contributed by atoms with Crippen LogP contribution in [0.4, 0.5) is 24.8 Å². The molecule has 1 atom stereocenters. The summed E-state index contributed by atoms with van der Waals surface area (Å²) in [5, 5.41) is 30.3. The number of likely N-dealkylation sites (tertiary alicyclic amines) is 1. The summed E-state index contributed by atoms with van der Waals surface area (Å²) >= 11 is 0. The number of nitrogens with one attached hydrogen (secondary N) is 1. The van der Waals surface area contributed by atoms with Gasteiger partial charge in [0.25, 0.3) is 5.91 Å². The van der Waals surface area contributed by atoms with Crippen LogP contribution < -0.4 is 10.2 Å². The summed E-state index contributed by atoms with van der Waals surface area (Å²) in [6, 6.07) is 15.4. The topological polar surface area (TPSA) is 127 Å². The fourth-order valence-corrected chi connectivity index (χ4v) is 5.57. The molecular formula is C32H28F3N9O. The second kappa shape index (κ2) is 11.7. The fraction of sp³-hybridized carbons (Fsp3) is 0.312. The van der Waals surface area contributed by atoms with Crippen LogP contribution in [0.1, 0.15) is 46.0 Å². The number of aromatic nitrogens is 4. The van der Waals surface area contributed by atoms with Gasteiger partial charge in [0, 0.05) is 31.3 Å². The van der Waals surface area contributed by atoms with Gasteiger partial charge in [0.05, 0.1) is 35.7 Å². The molecule has 0 aliphatic carbocycles. The Morgan fingerprint density at radius 2 is 1.87 bits per heavy atom. The summed E-state index contributed by atoms with van der Waals surface area (Å²) in [6.45, 7) is 3.61. The number of alkyl halides is 3. The maximum atomic E-state index is 14.3. The van der Waals surface area contributed by atoms with Crippen LogP contribution in [0.15, 0.2) is 48.8 Å². The smallest absolute Gasteiger partial charge is 0.369 e. The van der Waals surface area contributed by atoms with Crippen molar-refractivity contribution >= 4 is 17.5 Å². The Labute approximate surface area is 257 Å². The standard InChI is InChI=1S/C32H28F3N9O/c1-19(13-36)15-38-28-11-22(24-8-20(14-37)4-5-23(24)30-41-39-18-42(30)2)12-29(40-28)44-17-26-25(31(44)45)9-21(16-43-6-3-7-43)10-27(26)32(33,34)35/h4-5,8-12,18-19H,3,6-7,15-17H2,1-2H3,(H,38,40)/t19-/m1/s1. The number of anilines is 2. The number of pyridine rings is 1. The largest absolute Gasteiger partial charge is 0.416 e. The van der Waals surface area contributed by atoms with Gasteiger partial charge in [-0.05, 0) is 91.2 Å². The van der Waals surface area contributed by atoms with E-state index < -0.39 is 17.6 Å². The summed E-state index contributed by atoms with van der Waals surface area (Å²) in [7, 11) is 1.78. The first kappa shape index (κ1) is 29.8. The number of hydrogen-bond donors (Lipinski definition) is 1. The van der Waals surface area contributed by atoms with Crippen LogP contribution in [0.3, 0.4) is 0 Å². The fourth-order valence-electron chi connectivity index (χ4n) is 5.57. The van der Waals surface area contributed by atoms with Crippen molar-refractivity contribution < 1.29 is 18.0 Å². The lowest BCUT2D eigenvalue weighted by atomic mass is 9.97. The highest BCUT2D eigenvalue weighted by Crippen LogP contribution is 2.41. The average Bonchev–Trinajstić information content (AvgIpc) is 3.58. The molecule has 0 saturated carbocycles. The molecule has 0 unspecified atom stereocenters. The van der Waals surface area contributed by atoms with Gasteiger partial charge in [0.15, 0.2) is 5.82 Å². The van der Waals surface area contributed by atoms with Gasteiger partial charge in [-0.3, -0.25) is 14.6 Å². The Bertz CT molecular complexity index is 1880. The SMILES string of the molecule is C[C@H](C#N)CNc1cc(-c2cc(C#N)ccc2-c2nncn2C)cc(N2Cc3c(cc(CN4CCC4)cc3C(F)(F)F)C2=O)n1. The van der Waals surface area contributed by atoms with Gasteiger partial charge in [-0.25, -0.2) is 4.98 Å². The molecule has 45 heavy (non-hydrogen) atoms. The summed E-state index contributed by atoms with van der Waals surface area (Å²) < 4.78 is 44.7. The lowest BCUT2D eigenvalue weighted by molar-refractivity contribution is -0.138. The lowest BCUT2D eigenvalue weighted by Crippen LogP contribution is -2.36. The molecule has 2 aromatic heterocycles. The number of nitrogens with zero attached hydrogens (tertiary/aromatic N) is 8. The van der Waals surface area contributed by atoms with E-state index in [1.54, 1.807) is 61.3 Å². The average molecular weight is 612 g/mol. The van der Waals surface area contributed by atoms with Crippen LogP contribution in [-0.4, -0.2) is 50.2 Å². The Kier molecular flexibility index (Phi) is 7.73.